The molecule has 0 fully saturated rings. The molecule has 2 aromatic heterocycles. The van der Waals surface area contributed by atoms with Crippen LogP contribution in [0.4, 0.5) is 0 Å². The van der Waals surface area contributed by atoms with Crippen molar-refractivity contribution in [3.8, 4) is 0 Å². The standard InChI is InChI=1S/C19H21N3O2S/c1-3-4-5-13-6-8-14(9-7-13)19(24)22(2)12-16-20-15-10-11-25-17(15)18(23)21-16/h6-11H,3-5,12H2,1-2H3,(H,20,21,23). The number of hydrogen-bond donors (Lipinski definition) is 1. The molecular formula is C19H21N3O2S. The summed E-state index contributed by atoms with van der Waals surface area (Å²) in [5.74, 6) is 0.404. The van der Waals surface area contributed by atoms with Crippen LogP contribution in [0, 0.1) is 0 Å². The molecule has 25 heavy (non-hydrogen) atoms. The van der Waals surface area contributed by atoms with E-state index in [1.807, 2.05) is 35.7 Å². The van der Waals surface area contributed by atoms with Crippen LogP contribution in [-0.2, 0) is 13.0 Å². The number of unbranched alkanes of at least 4 members (excludes halogenated alkanes) is 1. The van der Waals surface area contributed by atoms with E-state index < -0.39 is 0 Å². The highest BCUT2D eigenvalue weighted by molar-refractivity contribution is 7.17. The minimum absolute atomic E-state index is 0.0879. The Morgan fingerprint density at radius 1 is 1.24 bits per heavy atom. The zero-order chi connectivity index (χ0) is 17.8. The number of nitrogens with one attached hydrogen (secondary N) is 1. The van der Waals surface area contributed by atoms with Gasteiger partial charge in [-0.1, -0.05) is 25.5 Å². The van der Waals surface area contributed by atoms with Gasteiger partial charge < -0.3 is 9.88 Å². The number of thiophene rings is 1. The number of aromatic nitrogens is 2. The average Bonchev–Trinajstić information content (AvgIpc) is 3.09. The number of carbonyl (C=O) groups excluding carboxylic acids is 1. The molecule has 0 aliphatic heterocycles. The van der Waals surface area contributed by atoms with Crippen molar-refractivity contribution < 1.29 is 4.79 Å². The summed E-state index contributed by atoms with van der Waals surface area (Å²) >= 11 is 1.36. The van der Waals surface area contributed by atoms with Crippen LogP contribution in [-0.4, -0.2) is 27.8 Å². The summed E-state index contributed by atoms with van der Waals surface area (Å²) in [6.45, 7) is 2.43. The van der Waals surface area contributed by atoms with Gasteiger partial charge in [-0.15, -0.1) is 11.3 Å². The molecule has 130 valence electrons. The first kappa shape index (κ1) is 17.4. The third-order valence-corrected chi connectivity index (χ3v) is 5.02. The maximum atomic E-state index is 12.6. The normalized spacial score (nSPS) is 11.0. The molecule has 0 radical (unpaired) electrons. The summed E-state index contributed by atoms with van der Waals surface area (Å²) in [6.07, 6.45) is 3.34. The molecule has 0 saturated heterocycles. The van der Waals surface area contributed by atoms with Gasteiger partial charge >= 0.3 is 0 Å². The van der Waals surface area contributed by atoms with Crippen LogP contribution in [0.15, 0.2) is 40.5 Å². The maximum Gasteiger partial charge on any atom is 0.268 e. The fourth-order valence-corrected chi connectivity index (χ4v) is 3.43. The van der Waals surface area contributed by atoms with Crippen molar-refractivity contribution in [2.75, 3.05) is 7.05 Å². The van der Waals surface area contributed by atoms with Crippen molar-refractivity contribution in [2.45, 2.75) is 32.7 Å². The first-order valence-corrected chi connectivity index (χ1v) is 9.27. The van der Waals surface area contributed by atoms with Gasteiger partial charge in [0.2, 0.25) is 0 Å². The van der Waals surface area contributed by atoms with Crippen LogP contribution in [0.1, 0.15) is 41.5 Å². The van der Waals surface area contributed by atoms with Crippen molar-refractivity contribution in [3.05, 3.63) is 63.0 Å². The molecule has 1 amide bonds. The Bertz CT molecular complexity index is 928. The van der Waals surface area contributed by atoms with Gasteiger partial charge in [0.15, 0.2) is 0 Å². The lowest BCUT2D eigenvalue weighted by atomic mass is 10.1. The largest absolute Gasteiger partial charge is 0.334 e. The summed E-state index contributed by atoms with van der Waals surface area (Å²) in [7, 11) is 1.71. The monoisotopic (exact) mass is 355 g/mol. The molecule has 0 aliphatic carbocycles. The van der Waals surface area contributed by atoms with E-state index in [9.17, 15) is 9.59 Å². The molecule has 0 bridgehead atoms. The van der Waals surface area contributed by atoms with Crippen LogP contribution in [0.3, 0.4) is 0 Å². The molecule has 5 nitrogen and oxygen atoms in total. The molecule has 1 aromatic carbocycles. The molecule has 0 unspecified atom stereocenters. The summed E-state index contributed by atoms with van der Waals surface area (Å²) in [5, 5.41) is 1.84. The van der Waals surface area contributed by atoms with Gasteiger partial charge in [-0.3, -0.25) is 9.59 Å². The predicted octanol–water partition coefficient (Wildman–Crippen LogP) is 3.60. The second-order valence-electron chi connectivity index (χ2n) is 6.11. The van der Waals surface area contributed by atoms with E-state index in [0.29, 0.717) is 21.6 Å². The summed E-state index contributed by atoms with van der Waals surface area (Å²) < 4.78 is 0.611. The van der Waals surface area contributed by atoms with Crippen LogP contribution >= 0.6 is 11.3 Å². The van der Waals surface area contributed by atoms with E-state index in [0.717, 1.165) is 19.3 Å². The van der Waals surface area contributed by atoms with Gasteiger partial charge in [0.25, 0.3) is 11.5 Å². The Balaban J connectivity index is 1.72. The Labute approximate surface area is 150 Å². The number of amides is 1. The van der Waals surface area contributed by atoms with E-state index in [-0.39, 0.29) is 18.0 Å². The molecule has 0 spiro atoms. The van der Waals surface area contributed by atoms with Crippen molar-refractivity contribution >= 4 is 27.5 Å². The minimum Gasteiger partial charge on any atom is -0.334 e. The van der Waals surface area contributed by atoms with Gasteiger partial charge in [0.05, 0.1) is 12.1 Å². The number of hydrogen-bond acceptors (Lipinski definition) is 4. The van der Waals surface area contributed by atoms with Crippen molar-refractivity contribution in [3.63, 3.8) is 0 Å². The fourth-order valence-electron chi connectivity index (χ4n) is 2.71. The van der Waals surface area contributed by atoms with Gasteiger partial charge in [-0.25, -0.2) is 4.98 Å². The van der Waals surface area contributed by atoms with E-state index in [2.05, 4.69) is 16.9 Å². The van der Waals surface area contributed by atoms with E-state index in [1.165, 1.54) is 16.9 Å². The second-order valence-corrected chi connectivity index (χ2v) is 7.03. The lowest BCUT2D eigenvalue weighted by Gasteiger charge is -2.16. The number of nitrogens with zero attached hydrogens (tertiary/aromatic N) is 2. The predicted molar refractivity (Wildman–Crippen MR) is 101 cm³/mol. The summed E-state index contributed by atoms with van der Waals surface area (Å²) in [4.78, 5) is 33.3. The van der Waals surface area contributed by atoms with E-state index >= 15 is 0 Å². The van der Waals surface area contributed by atoms with E-state index in [4.69, 9.17) is 0 Å². The minimum atomic E-state index is -0.156. The smallest absolute Gasteiger partial charge is 0.268 e. The van der Waals surface area contributed by atoms with Crippen LogP contribution in [0.2, 0.25) is 0 Å². The highest BCUT2D eigenvalue weighted by atomic mass is 32.1. The Hall–Kier alpha value is -2.47. The maximum absolute atomic E-state index is 12.6. The molecule has 2 heterocycles. The third kappa shape index (κ3) is 3.96. The first-order valence-electron chi connectivity index (χ1n) is 8.39. The quantitative estimate of drug-likeness (QED) is 0.735. The number of H-pyrrole nitrogens is 1. The van der Waals surface area contributed by atoms with E-state index in [1.54, 1.807) is 11.9 Å². The van der Waals surface area contributed by atoms with Gasteiger partial charge in [-0.2, -0.15) is 0 Å². The molecule has 0 atom stereocenters. The zero-order valence-corrected chi connectivity index (χ0v) is 15.2. The molecule has 6 heteroatoms. The third-order valence-electron chi connectivity index (χ3n) is 4.12. The first-order chi connectivity index (χ1) is 12.1. The number of rotatable bonds is 6. The molecule has 3 aromatic rings. The summed E-state index contributed by atoms with van der Waals surface area (Å²) in [5.41, 5.74) is 2.40. The van der Waals surface area contributed by atoms with Gasteiger partial charge in [0.1, 0.15) is 10.5 Å². The Kier molecular flexibility index (Phi) is 5.28. The van der Waals surface area contributed by atoms with Gasteiger partial charge in [0, 0.05) is 12.6 Å². The van der Waals surface area contributed by atoms with Crippen LogP contribution < -0.4 is 5.56 Å². The number of carbonyl (C=O) groups is 1. The number of aryl methyl sites for hydroxylation is 1. The number of benzene rings is 1. The number of fused-ring (bicyclic) bond motifs is 1. The van der Waals surface area contributed by atoms with Crippen molar-refractivity contribution in [1.29, 1.82) is 0 Å². The Morgan fingerprint density at radius 3 is 2.72 bits per heavy atom. The van der Waals surface area contributed by atoms with Gasteiger partial charge in [-0.05, 0) is 42.0 Å². The fraction of sp³-hybridized carbons (Fsp3) is 0.316. The topological polar surface area (TPSA) is 66.1 Å². The second kappa shape index (κ2) is 7.61. The molecule has 1 N–H and O–H groups in total. The van der Waals surface area contributed by atoms with Crippen molar-refractivity contribution in [2.24, 2.45) is 0 Å². The molecule has 0 aliphatic rings. The average molecular weight is 355 g/mol. The highest BCUT2D eigenvalue weighted by Crippen LogP contribution is 2.15. The summed E-state index contributed by atoms with van der Waals surface area (Å²) in [6, 6.07) is 9.56. The lowest BCUT2D eigenvalue weighted by molar-refractivity contribution is 0.0781. The lowest BCUT2D eigenvalue weighted by Crippen LogP contribution is -2.28. The van der Waals surface area contributed by atoms with Crippen LogP contribution in [0.5, 0.6) is 0 Å². The molecule has 0 saturated carbocycles. The van der Waals surface area contributed by atoms with Crippen molar-refractivity contribution in [1.82, 2.24) is 14.9 Å². The number of aromatic amines is 1. The van der Waals surface area contributed by atoms with Crippen LogP contribution in [0.25, 0.3) is 10.2 Å². The molecular weight excluding hydrogens is 334 g/mol. The Morgan fingerprint density at radius 2 is 2.00 bits per heavy atom. The zero-order valence-electron chi connectivity index (χ0n) is 14.4. The SMILES string of the molecule is CCCCc1ccc(C(=O)N(C)Cc2nc3ccsc3c(=O)[nH]2)cc1. The highest BCUT2D eigenvalue weighted by Gasteiger charge is 2.14. The molecule has 3 rings (SSSR count).